The lowest BCUT2D eigenvalue weighted by molar-refractivity contribution is 0.283. The summed E-state index contributed by atoms with van der Waals surface area (Å²) >= 11 is 0. The number of aliphatic hydroxyl groups excluding tert-OH is 4. The van der Waals surface area contributed by atoms with Crippen molar-refractivity contribution in [1.82, 2.24) is 0 Å². The number of allylic oxidation sites excluding steroid dienone is 2. The van der Waals surface area contributed by atoms with E-state index in [0.717, 1.165) is 32.1 Å². The molecule has 0 aliphatic heterocycles. The molecule has 0 unspecified atom stereocenters. The smallest absolute Gasteiger partial charge is 0.0540 e. The van der Waals surface area contributed by atoms with Crippen LogP contribution in [0.2, 0.25) is 0 Å². The molecule has 0 spiro atoms. The maximum Gasteiger partial charge on any atom is 0.0540 e. The second kappa shape index (κ2) is 56.3. The maximum absolute atomic E-state index is 8.29. The van der Waals surface area contributed by atoms with Crippen molar-refractivity contribution in [2.45, 2.75) is 100 Å². The molecular formula is C25H54O4. The summed E-state index contributed by atoms with van der Waals surface area (Å²) in [5, 5.41) is 32.9. The highest BCUT2D eigenvalue weighted by molar-refractivity contribution is 4.97. The minimum Gasteiger partial charge on any atom is -0.396 e. The largest absolute Gasteiger partial charge is 0.396 e. The maximum atomic E-state index is 8.29. The third kappa shape index (κ3) is 86.4. The molecule has 29 heavy (non-hydrogen) atoms. The summed E-state index contributed by atoms with van der Waals surface area (Å²) in [6.07, 6.45) is 16.7. The summed E-state index contributed by atoms with van der Waals surface area (Å²) in [6.45, 7) is 9.26. The van der Waals surface area contributed by atoms with Crippen molar-refractivity contribution in [3.63, 3.8) is 0 Å². The molecule has 0 aromatic carbocycles. The zero-order valence-electron chi connectivity index (χ0n) is 18.3. The summed E-state index contributed by atoms with van der Waals surface area (Å²) in [6, 6.07) is 0. The number of rotatable bonds is 10. The van der Waals surface area contributed by atoms with Gasteiger partial charge < -0.3 is 20.4 Å². The van der Waals surface area contributed by atoms with Crippen molar-refractivity contribution in [3.05, 3.63) is 24.3 Å². The second-order valence-corrected chi connectivity index (χ2v) is 5.44. The van der Waals surface area contributed by atoms with Crippen LogP contribution in [0.3, 0.4) is 0 Å². The highest BCUT2D eigenvalue weighted by Gasteiger charge is 1.81. The third-order valence-electron chi connectivity index (χ3n) is 2.78. The fraction of sp³-hybridized carbons (Fsp3) is 0.760. The van der Waals surface area contributed by atoms with Gasteiger partial charge >= 0.3 is 0 Å². The molecule has 0 fully saturated rings. The summed E-state index contributed by atoms with van der Waals surface area (Å²) in [4.78, 5) is 0. The molecule has 4 N–H and O–H groups in total. The van der Waals surface area contributed by atoms with E-state index in [1.54, 1.807) is 0 Å². The Morgan fingerprint density at radius 2 is 1.24 bits per heavy atom. The number of unbranched alkanes of at least 4 members (excludes halogenated alkanes) is 3. The normalized spacial score (nSPS) is 8.69. The van der Waals surface area contributed by atoms with Crippen LogP contribution in [0.4, 0.5) is 0 Å². The molecule has 0 bridgehead atoms. The molecule has 0 aromatic heterocycles. The van der Waals surface area contributed by atoms with Crippen LogP contribution < -0.4 is 0 Å². The summed E-state index contributed by atoms with van der Waals surface area (Å²) in [5.74, 6) is 5.62. The Bertz CT molecular complexity index is 311. The SMILES string of the molecule is C.C.C/C=C\CCO.CC/C=C/CCO.CCC#CCCO.CCCCCCO. The minimum atomic E-state index is 0. The molecule has 178 valence electrons. The van der Waals surface area contributed by atoms with Gasteiger partial charge in [0, 0.05) is 32.7 Å². The van der Waals surface area contributed by atoms with E-state index in [4.69, 9.17) is 20.4 Å². The topological polar surface area (TPSA) is 80.9 Å². The van der Waals surface area contributed by atoms with Crippen LogP contribution in [0, 0.1) is 11.8 Å². The van der Waals surface area contributed by atoms with Gasteiger partial charge in [0.25, 0.3) is 0 Å². The molecule has 0 radical (unpaired) electrons. The standard InChI is InChI=1S/C6H14O.C6H12O.C6H10O.C5H10O.2CH4/c3*1-2-3-4-5-6-7;1-2-3-4-5-6;;/h7H,2-6H2,1H3;3-4,7H,2,5-6H2,1H3;7H,2,5-6H2,1H3;2-3,6H,4-5H2,1H3;2*1H4/b;4-3+;;3-2-;;. The fourth-order valence-corrected chi connectivity index (χ4v) is 1.41. The van der Waals surface area contributed by atoms with E-state index < -0.39 is 0 Å². The van der Waals surface area contributed by atoms with E-state index in [-0.39, 0.29) is 34.7 Å². The van der Waals surface area contributed by atoms with Gasteiger partial charge in [-0.2, -0.15) is 0 Å². The minimum absolute atomic E-state index is 0. The van der Waals surface area contributed by atoms with Gasteiger partial charge in [-0.3, -0.25) is 0 Å². The molecule has 0 saturated heterocycles. The predicted octanol–water partition coefficient (Wildman–Crippen LogP) is 5.89. The molecule has 0 amide bonds. The first-order valence-electron chi connectivity index (χ1n) is 10.3. The highest BCUT2D eigenvalue weighted by Crippen LogP contribution is 1.96. The average Bonchev–Trinajstić information content (AvgIpc) is 2.69. The van der Waals surface area contributed by atoms with Gasteiger partial charge in [-0.1, -0.05) is 79.2 Å². The Balaban J connectivity index is -0.0000000595. The van der Waals surface area contributed by atoms with Crippen LogP contribution in [0.15, 0.2) is 24.3 Å². The Morgan fingerprint density at radius 1 is 0.655 bits per heavy atom. The van der Waals surface area contributed by atoms with Crippen molar-refractivity contribution in [2.75, 3.05) is 26.4 Å². The van der Waals surface area contributed by atoms with Crippen LogP contribution in [0.5, 0.6) is 0 Å². The van der Waals surface area contributed by atoms with Crippen molar-refractivity contribution in [3.8, 4) is 11.8 Å². The molecule has 0 saturated carbocycles. The van der Waals surface area contributed by atoms with E-state index in [1.807, 2.05) is 32.1 Å². The quantitative estimate of drug-likeness (QED) is 0.202. The van der Waals surface area contributed by atoms with E-state index in [2.05, 4.69) is 31.8 Å². The summed E-state index contributed by atoms with van der Waals surface area (Å²) < 4.78 is 0. The molecule has 0 atom stereocenters. The summed E-state index contributed by atoms with van der Waals surface area (Å²) in [7, 11) is 0. The van der Waals surface area contributed by atoms with Gasteiger partial charge in [-0.25, -0.2) is 0 Å². The van der Waals surface area contributed by atoms with E-state index in [9.17, 15) is 0 Å². The van der Waals surface area contributed by atoms with Crippen molar-refractivity contribution in [1.29, 1.82) is 0 Å². The van der Waals surface area contributed by atoms with Gasteiger partial charge in [0.1, 0.15) is 0 Å². The first-order chi connectivity index (χ1) is 13.2. The summed E-state index contributed by atoms with van der Waals surface area (Å²) in [5.41, 5.74) is 0. The van der Waals surface area contributed by atoms with Crippen LogP contribution in [0.25, 0.3) is 0 Å². The lowest BCUT2D eigenvalue weighted by Gasteiger charge is -1.90. The Kier molecular flexibility index (Phi) is 81.7. The lowest BCUT2D eigenvalue weighted by Crippen LogP contribution is -1.80. The van der Waals surface area contributed by atoms with Crippen molar-refractivity contribution >= 4 is 0 Å². The second-order valence-electron chi connectivity index (χ2n) is 5.44. The van der Waals surface area contributed by atoms with E-state index in [1.165, 1.54) is 19.3 Å². The van der Waals surface area contributed by atoms with Crippen LogP contribution in [-0.2, 0) is 0 Å². The Morgan fingerprint density at radius 3 is 1.59 bits per heavy atom. The molecular weight excluding hydrogens is 364 g/mol. The van der Waals surface area contributed by atoms with Gasteiger partial charge in [0.15, 0.2) is 0 Å². The van der Waals surface area contributed by atoms with E-state index >= 15 is 0 Å². The van der Waals surface area contributed by atoms with Gasteiger partial charge in [-0.15, -0.1) is 11.8 Å². The number of hydrogen-bond donors (Lipinski definition) is 4. The molecule has 4 heteroatoms. The van der Waals surface area contributed by atoms with E-state index in [0.29, 0.717) is 13.0 Å². The fourth-order valence-electron chi connectivity index (χ4n) is 1.41. The average molecular weight is 419 g/mol. The third-order valence-corrected chi connectivity index (χ3v) is 2.78. The molecule has 0 rings (SSSR count). The van der Waals surface area contributed by atoms with Gasteiger partial charge in [0.05, 0.1) is 6.61 Å². The molecule has 0 aliphatic carbocycles. The highest BCUT2D eigenvalue weighted by atomic mass is 16.3. The van der Waals surface area contributed by atoms with Crippen molar-refractivity contribution in [2.24, 2.45) is 0 Å². The monoisotopic (exact) mass is 418 g/mol. The van der Waals surface area contributed by atoms with Crippen LogP contribution in [0.1, 0.15) is 100 Å². The number of aliphatic hydroxyl groups is 4. The zero-order valence-corrected chi connectivity index (χ0v) is 18.3. The molecule has 0 heterocycles. The Hall–Kier alpha value is -1.12. The predicted molar refractivity (Wildman–Crippen MR) is 132 cm³/mol. The molecule has 0 aliphatic rings. The first kappa shape index (κ1) is 42.1. The first-order valence-corrected chi connectivity index (χ1v) is 10.3. The molecule has 4 nitrogen and oxygen atoms in total. The van der Waals surface area contributed by atoms with Gasteiger partial charge in [-0.05, 0) is 32.6 Å². The van der Waals surface area contributed by atoms with Crippen LogP contribution in [-0.4, -0.2) is 46.9 Å². The van der Waals surface area contributed by atoms with Crippen molar-refractivity contribution < 1.29 is 20.4 Å². The van der Waals surface area contributed by atoms with Gasteiger partial charge in [0.2, 0.25) is 0 Å². The zero-order chi connectivity index (χ0) is 21.4. The van der Waals surface area contributed by atoms with Crippen LogP contribution >= 0.6 is 0 Å². The Labute approximate surface area is 183 Å². The number of hydrogen-bond acceptors (Lipinski definition) is 4. The lowest BCUT2D eigenvalue weighted by atomic mass is 10.2. The molecule has 0 aromatic rings.